The molecule has 0 aliphatic rings. The second kappa shape index (κ2) is 5.61. The van der Waals surface area contributed by atoms with Gasteiger partial charge < -0.3 is 0 Å². The minimum absolute atomic E-state index is 0.0993. The van der Waals surface area contributed by atoms with E-state index in [0.717, 1.165) is 9.90 Å². The molecule has 0 saturated carbocycles. The summed E-state index contributed by atoms with van der Waals surface area (Å²) in [6.45, 7) is 0. The van der Waals surface area contributed by atoms with Crippen LogP contribution in [0.3, 0.4) is 0 Å². The van der Waals surface area contributed by atoms with Crippen LogP contribution in [0.4, 0.5) is 5.69 Å². The average Bonchev–Trinajstić information content (AvgIpc) is 2.80. The number of nitro benzene ring substituents is 1. The molecule has 0 aliphatic heterocycles. The summed E-state index contributed by atoms with van der Waals surface area (Å²) < 4.78 is 1.47. The number of aromatic nitrogens is 1. The molecule has 4 nitrogen and oxygen atoms in total. The zero-order chi connectivity index (χ0) is 12.3. The summed E-state index contributed by atoms with van der Waals surface area (Å²) in [6.07, 6.45) is 1.75. The topological polar surface area (TPSA) is 56.0 Å². The van der Waals surface area contributed by atoms with Crippen molar-refractivity contribution in [3.05, 3.63) is 49.9 Å². The van der Waals surface area contributed by atoms with E-state index in [4.69, 9.17) is 0 Å². The summed E-state index contributed by atoms with van der Waals surface area (Å²) >= 11 is 6.30. The van der Waals surface area contributed by atoms with Crippen LogP contribution >= 0.6 is 39.0 Å². The lowest BCUT2D eigenvalue weighted by molar-refractivity contribution is -0.385. The Morgan fingerprint density at radius 1 is 1.53 bits per heavy atom. The fourth-order valence-corrected chi connectivity index (χ4v) is 3.19. The van der Waals surface area contributed by atoms with E-state index in [2.05, 4.69) is 20.9 Å². The summed E-state index contributed by atoms with van der Waals surface area (Å²) in [5.41, 5.74) is 1.02. The molecule has 0 atom stereocenters. The summed E-state index contributed by atoms with van der Waals surface area (Å²) in [7, 11) is 0. The number of rotatable bonds is 4. The molecule has 0 saturated heterocycles. The van der Waals surface area contributed by atoms with E-state index in [-0.39, 0.29) is 10.6 Å². The van der Waals surface area contributed by atoms with Crippen molar-refractivity contribution in [2.24, 2.45) is 0 Å². The van der Waals surface area contributed by atoms with Crippen LogP contribution in [-0.2, 0) is 5.75 Å². The highest BCUT2D eigenvalue weighted by atomic mass is 79.9. The molecule has 0 N–H and O–H groups in total. The third-order valence-electron chi connectivity index (χ3n) is 1.98. The molecule has 0 spiro atoms. The lowest BCUT2D eigenvalue weighted by Crippen LogP contribution is -1.91. The van der Waals surface area contributed by atoms with E-state index >= 15 is 0 Å². The number of nitrogens with zero attached hydrogens (tertiary/aromatic N) is 2. The quantitative estimate of drug-likeness (QED) is 0.481. The third kappa shape index (κ3) is 3.27. The highest BCUT2D eigenvalue weighted by Gasteiger charge is 2.12. The fraction of sp³-hybridized carbons (Fsp3) is 0.100. The Hall–Kier alpha value is -0.920. The zero-order valence-corrected chi connectivity index (χ0v) is 11.7. The molecule has 2 rings (SSSR count). The molecule has 0 radical (unpaired) electrons. The Balaban J connectivity index is 2.11. The molecule has 0 unspecified atom stereocenters. The molecule has 7 heteroatoms. The highest BCUT2D eigenvalue weighted by Crippen LogP contribution is 2.29. The third-order valence-corrected chi connectivity index (χ3v) is 4.69. The van der Waals surface area contributed by atoms with Gasteiger partial charge in [-0.25, -0.2) is 4.98 Å². The van der Waals surface area contributed by atoms with Gasteiger partial charge in [0.2, 0.25) is 0 Å². The van der Waals surface area contributed by atoms with Gasteiger partial charge in [-0.2, -0.15) is 0 Å². The SMILES string of the molecule is O=[N+]([O-])c1cc(CSc2nccs2)ccc1Br. The van der Waals surface area contributed by atoms with E-state index in [1.807, 2.05) is 11.4 Å². The van der Waals surface area contributed by atoms with Crippen LogP contribution in [0.5, 0.6) is 0 Å². The van der Waals surface area contributed by atoms with Crippen molar-refractivity contribution in [3.8, 4) is 0 Å². The zero-order valence-electron chi connectivity index (χ0n) is 8.50. The van der Waals surface area contributed by atoms with Gasteiger partial charge in [-0.1, -0.05) is 17.8 Å². The molecular formula is C10H7BrN2O2S2. The number of thioether (sulfide) groups is 1. The van der Waals surface area contributed by atoms with Gasteiger partial charge in [0.05, 0.1) is 9.40 Å². The number of thiazole rings is 1. The predicted molar refractivity (Wildman–Crippen MR) is 72.5 cm³/mol. The minimum atomic E-state index is -0.387. The maximum Gasteiger partial charge on any atom is 0.283 e. The van der Waals surface area contributed by atoms with E-state index in [1.165, 1.54) is 0 Å². The largest absolute Gasteiger partial charge is 0.283 e. The second-order valence-corrected chi connectivity index (χ2v) is 6.10. The first kappa shape index (κ1) is 12.5. The van der Waals surface area contributed by atoms with Crippen LogP contribution in [0.15, 0.2) is 38.6 Å². The molecular weight excluding hydrogens is 324 g/mol. The van der Waals surface area contributed by atoms with Crippen LogP contribution < -0.4 is 0 Å². The normalized spacial score (nSPS) is 10.4. The van der Waals surface area contributed by atoms with Crippen molar-refractivity contribution < 1.29 is 4.92 Å². The first-order chi connectivity index (χ1) is 8.16. The lowest BCUT2D eigenvalue weighted by atomic mass is 10.2. The lowest BCUT2D eigenvalue weighted by Gasteiger charge is -2.00. The monoisotopic (exact) mass is 330 g/mol. The Morgan fingerprint density at radius 3 is 3.00 bits per heavy atom. The van der Waals surface area contributed by atoms with Crippen LogP contribution in [0.1, 0.15) is 5.56 Å². The van der Waals surface area contributed by atoms with Crippen molar-refractivity contribution in [2.45, 2.75) is 10.1 Å². The smallest absolute Gasteiger partial charge is 0.258 e. The predicted octanol–water partition coefficient (Wildman–Crippen LogP) is 4.11. The van der Waals surface area contributed by atoms with Crippen molar-refractivity contribution >= 4 is 44.7 Å². The van der Waals surface area contributed by atoms with Gasteiger partial charge >= 0.3 is 0 Å². The van der Waals surface area contributed by atoms with Crippen LogP contribution in [0, 0.1) is 10.1 Å². The van der Waals surface area contributed by atoms with E-state index < -0.39 is 0 Å². The number of nitro groups is 1. The molecule has 0 aliphatic carbocycles. The van der Waals surface area contributed by atoms with Gasteiger partial charge in [0.1, 0.15) is 4.34 Å². The van der Waals surface area contributed by atoms with E-state index in [1.54, 1.807) is 41.4 Å². The average molecular weight is 331 g/mol. The molecule has 0 fully saturated rings. The van der Waals surface area contributed by atoms with E-state index in [0.29, 0.717) is 10.2 Å². The first-order valence-electron chi connectivity index (χ1n) is 4.62. The van der Waals surface area contributed by atoms with Gasteiger partial charge in [0.25, 0.3) is 5.69 Å². The number of hydrogen-bond donors (Lipinski definition) is 0. The summed E-state index contributed by atoms with van der Waals surface area (Å²) in [6, 6.07) is 5.16. The fourth-order valence-electron chi connectivity index (χ4n) is 1.21. The maximum absolute atomic E-state index is 10.8. The molecule has 17 heavy (non-hydrogen) atoms. The van der Waals surface area contributed by atoms with Gasteiger partial charge in [-0.3, -0.25) is 10.1 Å². The molecule has 1 aromatic carbocycles. The molecule has 0 bridgehead atoms. The maximum atomic E-state index is 10.8. The van der Waals surface area contributed by atoms with Gasteiger partial charge in [-0.15, -0.1) is 11.3 Å². The van der Waals surface area contributed by atoms with Crippen molar-refractivity contribution in [3.63, 3.8) is 0 Å². The minimum Gasteiger partial charge on any atom is -0.258 e. The molecule has 2 aromatic rings. The van der Waals surface area contributed by atoms with Gasteiger partial charge in [0, 0.05) is 23.4 Å². The molecule has 88 valence electrons. The Bertz CT molecular complexity index is 531. The second-order valence-electron chi connectivity index (χ2n) is 3.13. The Morgan fingerprint density at radius 2 is 2.35 bits per heavy atom. The summed E-state index contributed by atoms with van der Waals surface area (Å²) in [4.78, 5) is 14.5. The van der Waals surface area contributed by atoms with Crippen molar-refractivity contribution in [1.82, 2.24) is 4.98 Å². The number of benzene rings is 1. The first-order valence-corrected chi connectivity index (χ1v) is 7.28. The molecule has 1 aromatic heterocycles. The van der Waals surface area contributed by atoms with Gasteiger partial charge in [0.15, 0.2) is 0 Å². The molecule has 0 amide bonds. The van der Waals surface area contributed by atoms with Gasteiger partial charge in [-0.05, 0) is 27.6 Å². The number of halogens is 1. The van der Waals surface area contributed by atoms with E-state index in [9.17, 15) is 10.1 Å². The Kier molecular flexibility index (Phi) is 4.14. The van der Waals surface area contributed by atoms with Crippen LogP contribution in [0.25, 0.3) is 0 Å². The molecule has 1 heterocycles. The standard InChI is InChI=1S/C10H7BrN2O2S2/c11-8-2-1-7(5-9(8)13(14)15)6-17-10-12-3-4-16-10/h1-5H,6H2. The number of hydrogen-bond acceptors (Lipinski definition) is 5. The highest BCUT2D eigenvalue weighted by molar-refractivity contribution is 9.10. The Labute approximate surface area is 114 Å². The van der Waals surface area contributed by atoms with Crippen molar-refractivity contribution in [1.29, 1.82) is 0 Å². The van der Waals surface area contributed by atoms with Crippen molar-refractivity contribution in [2.75, 3.05) is 0 Å². The van der Waals surface area contributed by atoms with Crippen LogP contribution in [-0.4, -0.2) is 9.91 Å². The van der Waals surface area contributed by atoms with Crippen LogP contribution in [0.2, 0.25) is 0 Å². The summed E-state index contributed by atoms with van der Waals surface area (Å²) in [5, 5.41) is 12.7. The summed E-state index contributed by atoms with van der Waals surface area (Å²) in [5.74, 6) is 0.682.